The van der Waals surface area contributed by atoms with E-state index in [1.807, 2.05) is 12.1 Å². The zero-order valence-electron chi connectivity index (χ0n) is 11.7. The van der Waals surface area contributed by atoms with Gasteiger partial charge in [0.25, 0.3) is 0 Å². The first kappa shape index (κ1) is 14.0. The number of benzene rings is 1. The predicted octanol–water partition coefficient (Wildman–Crippen LogP) is 1.42. The third-order valence-electron chi connectivity index (χ3n) is 3.29. The summed E-state index contributed by atoms with van der Waals surface area (Å²) in [4.78, 5) is 0. The Morgan fingerprint density at radius 2 is 1.79 bits per heavy atom. The van der Waals surface area contributed by atoms with Crippen molar-refractivity contribution in [2.75, 3.05) is 47.6 Å². The van der Waals surface area contributed by atoms with Crippen molar-refractivity contribution in [3.8, 4) is 17.2 Å². The van der Waals surface area contributed by atoms with Gasteiger partial charge in [0.2, 0.25) is 5.75 Å². The lowest BCUT2D eigenvalue weighted by Gasteiger charge is -2.19. The third kappa shape index (κ3) is 3.11. The maximum absolute atomic E-state index is 5.59. The fraction of sp³-hybridized carbons (Fsp3) is 0.571. The molecule has 0 bridgehead atoms. The first-order valence-corrected chi connectivity index (χ1v) is 6.38. The van der Waals surface area contributed by atoms with E-state index in [0.29, 0.717) is 23.9 Å². The lowest BCUT2D eigenvalue weighted by atomic mass is 9.99. The minimum atomic E-state index is 0.288. The van der Waals surface area contributed by atoms with E-state index >= 15 is 0 Å². The summed E-state index contributed by atoms with van der Waals surface area (Å²) in [6.45, 7) is 3.23. The van der Waals surface area contributed by atoms with Crippen LogP contribution in [0.25, 0.3) is 0 Å². The maximum atomic E-state index is 5.59. The Hall–Kier alpha value is -1.46. The van der Waals surface area contributed by atoms with Crippen LogP contribution in [0.15, 0.2) is 12.1 Å². The van der Waals surface area contributed by atoms with Crippen molar-refractivity contribution in [1.82, 2.24) is 5.32 Å². The van der Waals surface area contributed by atoms with Gasteiger partial charge in [0.15, 0.2) is 11.5 Å². The van der Waals surface area contributed by atoms with Crippen molar-refractivity contribution >= 4 is 0 Å². The molecule has 1 atom stereocenters. The Balaban J connectivity index is 2.34. The van der Waals surface area contributed by atoms with E-state index in [1.165, 1.54) is 0 Å². The molecular weight excluding hydrogens is 246 g/mol. The van der Waals surface area contributed by atoms with E-state index in [9.17, 15) is 0 Å². The average Bonchev–Trinajstić information content (AvgIpc) is 2.74. The van der Waals surface area contributed by atoms with Crippen LogP contribution < -0.4 is 19.5 Å². The van der Waals surface area contributed by atoms with Crippen molar-refractivity contribution in [3.05, 3.63) is 17.7 Å². The summed E-state index contributed by atoms with van der Waals surface area (Å²) in [5.74, 6) is 2.27. The SMILES string of the molecule is COc1cc(C2CNCCOC2)cc(OC)c1OC. The van der Waals surface area contributed by atoms with E-state index in [0.717, 1.165) is 25.3 Å². The molecule has 106 valence electrons. The molecule has 19 heavy (non-hydrogen) atoms. The number of nitrogens with one attached hydrogen (secondary N) is 1. The minimum absolute atomic E-state index is 0.288. The highest BCUT2D eigenvalue weighted by molar-refractivity contribution is 5.54. The molecule has 0 aliphatic carbocycles. The number of hydrogen-bond donors (Lipinski definition) is 1. The molecule has 1 aromatic rings. The van der Waals surface area contributed by atoms with Crippen LogP contribution in [0.3, 0.4) is 0 Å². The van der Waals surface area contributed by atoms with Gasteiger partial charge in [-0.1, -0.05) is 0 Å². The smallest absolute Gasteiger partial charge is 0.203 e. The predicted molar refractivity (Wildman–Crippen MR) is 72.5 cm³/mol. The van der Waals surface area contributed by atoms with E-state index in [-0.39, 0.29) is 5.92 Å². The second-order valence-electron chi connectivity index (χ2n) is 4.43. The Morgan fingerprint density at radius 3 is 2.37 bits per heavy atom. The van der Waals surface area contributed by atoms with Crippen LogP contribution in [0, 0.1) is 0 Å². The summed E-state index contributed by atoms with van der Waals surface area (Å²) >= 11 is 0. The van der Waals surface area contributed by atoms with Crippen LogP contribution in [-0.4, -0.2) is 47.6 Å². The van der Waals surface area contributed by atoms with Crippen LogP contribution in [0.1, 0.15) is 11.5 Å². The molecule has 1 unspecified atom stereocenters. The molecule has 0 spiro atoms. The van der Waals surface area contributed by atoms with E-state index in [1.54, 1.807) is 21.3 Å². The van der Waals surface area contributed by atoms with Gasteiger partial charge < -0.3 is 24.3 Å². The molecule has 1 N–H and O–H groups in total. The van der Waals surface area contributed by atoms with Crippen LogP contribution in [-0.2, 0) is 4.74 Å². The lowest BCUT2D eigenvalue weighted by Crippen LogP contribution is -2.21. The molecule has 1 aromatic carbocycles. The zero-order valence-corrected chi connectivity index (χ0v) is 11.7. The van der Waals surface area contributed by atoms with E-state index in [4.69, 9.17) is 18.9 Å². The van der Waals surface area contributed by atoms with Gasteiger partial charge >= 0.3 is 0 Å². The van der Waals surface area contributed by atoms with E-state index in [2.05, 4.69) is 5.32 Å². The quantitative estimate of drug-likeness (QED) is 0.894. The molecule has 1 heterocycles. The topological polar surface area (TPSA) is 49.0 Å². The van der Waals surface area contributed by atoms with Crippen molar-refractivity contribution in [2.45, 2.75) is 5.92 Å². The molecule has 1 aliphatic rings. The minimum Gasteiger partial charge on any atom is -0.493 e. The number of methoxy groups -OCH3 is 3. The summed E-state index contributed by atoms with van der Waals surface area (Å²) in [5.41, 5.74) is 1.13. The highest BCUT2D eigenvalue weighted by Gasteiger charge is 2.20. The fourth-order valence-electron chi connectivity index (χ4n) is 2.26. The van der Waals surface area contributed by atoms with Gasteiger partial charge in [0.1, 0.15) is 0 Å². The van der Waals surface area contributed by atoms with Gasteiger partial charge in [-0.3, -0.25) is 0 Å². The monoisotopic (exact) mass is 267 g/mol. The first-order chi connectivity index (χ1) is 9.30. The average molecular weight is 267 g/mol. The highest BCUT2D eigenvalue weighted by Crippen LogP contribution is 2.40. The summed E-state index contributed by atoms with van der Waals surface area (Å²) < 4.78 is 21.7. The summed E-state index contributed by atoms with van der Waals surface area (Å²) in [5, 5.41) is 3.36. The summed E-state index contributed by atoms with van der Waals surface area (Å²) in [6.07, 6.45) is 0. The Morgan fingerprint density at radius 1 is 1.11 bits per heavy atom. The van der Waals surface area contributed by atoms with Gasteiger partial charge in [0, 0.05) is 19.0 Å². The molecule has 0 radical (unpaired) electrons. The van der Waals surface area contributed by atoms with Gasteiger partial charge in [-0.2, -0.15) is 0 Å². The molecule has 5 heteroatoms. The van der Waals surface area contributed by atoms with Gasteiger partial charge in [-0.15, -0.1) is 0 Å². The molecule has 1 fully saturated rings. The number of rotatable bonds is 4. The standard InChI is InChI=1S/C14H21NO4/c1-16-12-6-10(7-13(17-2)14(12)18-3)11-8-15-4-5-19-9-11/h6-7,11,15H,4-5,8-9H2,1-3H3. The van der Waals surface area contributed by atoms with Crippen molar-refractivity contribution in [2.24, 2.45) is 0 Å². The maximum Gasteiger partial charge on any atom is 0.203 e. The summed E-state index contributed by atoms with van der Waals surface area (Å²) in [6, 6.07) is 3.98. The fourth-order valence-corrected chi connectivity index (χ4v) is 2.26. The van der Waals surface area contributed by atoms with Crippen molar-refractivity contribution in [1.29, 1.82) is 0 Å². The molecule has 0 saturated carbocycles. The largest absolute Gasteiger partial charge is 0.493 e. The summed E-state index contributed by atoms with van der Waals surface area (Å²) in [7, 11) is 4.86. The highest BCUT2D eigenvalue weighted by atomic mass is 16.5. The molecule has 2 rings (SSSR count). The molecule has 1 aliphatic heterocycles. The molecule has 0 amide bonds. The third-order valence-corrected chi connectivity index (χ3v) is 3.29. The van der Waals surface area contributed by atoms with Crippen molar-refractivity contribution < 1.29 is 18.9 Å². The van der Waals surface area contributed by atoms with Gasteiger partial charge in [-0.25, -0.2) is 0 Å². The van der Waals surface area contributed by atoms with Crippen LogP contribution >= 0.6 is 0 Å². The Bertz CT molecular complexity index is 389. The molecule has 1 saturated heterocycles. The zero-order chi connectivity index (χ0) is 13.7. The molecule has 0 aromatic heterocycles. The lowest BCUT2D eigenvalue weighted by molar-refractivity contribution is 0.141. The molecule has 5 nitrogen and oxygen atoms in total. The Kier molecular flexibility index (Phi) is 4.87. The van der Waals surface area contributed by atoms with Gasteiger partial charge in [0.05, 0.1) is 34.5 Å². The second-order valence-corrected chi connectivity index (χ2v) is 4.43. The van der Waals surface area contributed by atoms with Gasteiger partial charge in [-0.05, 0) is 17.7 Å². The van der Waals surface area contributed by atoms with E-state index < -0.39 is 0 Å². The van der Waals surface area contributed by atoms with Crippen LogP contribution in [0.5, 0.6) is 17.2 Å². The first-order valence-electron chi connectivity index (χ1n) is 6.38. The van der Waals surface area contributed by atoms with Crippen LogP contribution in [0.2, 0.25) is 0 Å². The van der Waals surface area contributed by atoms with Crippen LogP contribution in [0.4, 0.5) is 0 Å². The Labute approximate surface area is 113 Å². The molecular formula is C14H21NO4. The van der Waals surface area contributed by atoms with Crippen molar-refractivity contribution in [3.63, 3.8) is 0 Å². The second kappa shape index (κ2) is 6.63. The number of ether oxygens (including phenoxy) is 4. The normalized spacial score (nSPS) is 19.6. The number of hydrogen-bond acceptors (Lipinski definition) is 5.